The summed E-state index contributed by atoms with van der Waals surface area (Å²) in [5.41, 5.74) is 0. The van der Waals surface area contributed by atoms with Crippen LogP contribution in [0, 0.1) is 0 Å². The third-order valence-electron chi connectivity index (χ3n) is 5.74. The van der Waals surface area contributed by atoms with Crippen molar-refractivity contribution >= 4 is 10.1 Å². The molecule has 0 aromatic carbocycles. The number of hydrogen-bond donors (Lipinski definition) is 2. The molecule has 2 N–H and O–H groups in total. The molecule has 0 heterocycles. The van der Waals surface area contributed by atoms with Crippen LogP contribution in [0.3, 0.4) is 0 Å². The van der Waals surface area contributed by atoms with Crippen molar-refractivity contribution < 1.29 is 18.1 Å². The van der Waals surface area contributed by atoms with Gasteiger partial charge in [-0.3, -0.25) is 4.55 Å². The minimum atomic E-state index is -3.84. The van der Waals surface area contributed by atoms with E-state index < -0.39 is 15.4 Å². The SMILES string of the molecule is CC(O)CCCCCCCCCCCCCCCCCCCC(C)S(=O)(=O)O. The number of aliphatic hydroxyl groups is 1. The Hall–Kier alpha value is -0.130. The van der Waals surface area contributed by atoms with E-state index >= 15 is 0 Å². The van der Waals surface area contributed by atoms with Crippen LogP contribution in [0.15, 0.2) is 0 Å². The van der Waals surface area contributed by atoms with Gasteiger partial charge in [0.05, 0.1) is 11.4 Å². The second-order valence-electron chi connectivity index (χ2n) is 8.76. The fraction of sp³-hybridized carbons (Fsp3) is 1.00. The lowest BCUT2D eigenvalue weighted by Crippen LogP contribution is -2.16. The van der Waals surface area contributed by atoms with Crippen LogP contribution < -0.4 is 0 Å². The van der Waals surface area contributed by atoms with E-state index in [0.717, 1.165) is 19.3 Å². The lowest BCUT2D eigenvalue weighted by Gasteiger charge is -2.07. The van der Waals surface area contributed by atoms with Gasteiger partial charge >= 0.3 is 0 Å². The van der Waals surface area contributed by atoms with Crippen LogP contribution in [0.1, 0.15) is 136 Å². The summed E-state index contributed by atoms with van der Waals surface area (Å²) in [6.07, 6.45) is 23.1. The normalized spacial score (nSPS) is 14.3. The van der Waals surface area contributed by atoms with E-state index in [1.807, 2.05) is 6.92 Å². The Morgan fingerprint density at radius 3 is 1.04 bits per heavy atom. The van der Waals surface area contributed by atoms with Gasteiger partial charge in [-0.2, -0.15) is 8.42 Å². The van der Waals surface area contributed by atoms with Gasteiger partial charge in [0.2, 0.25) is 0 Å². The largest absolute Gasteiger partial charge is 0.393 e. The molecule has 0 fully saturated rings. The Kier molecular flexibility index (Phi) is 18.8. The highest BCUT2D eigenvalue weighted by atomic mass is 32.2. The van der Waals surface area contributed by atoms with Gasteiger partial charge in [-0.1, -0.05) is 109 Å². The Labute approximate surface area is 175 Å². The molecule has 0 aliphatic carbocycles. The lowest BCUT2D eigenvalue weighted by molar-refractivity contribution is 0.180. The summed E-state index contributed by atoms with van der Waals surface area (Å²) in [7, 11) is -3.84. The Morgan fingerprint density at radius 2 is 0.786 bits per heavy atom. The summed E-state index contributed by atoms with van der Waals surface area (Å²) in [5.74, 6) is 0. The van der Waals surface area contributed by atoms with Crippen molar-refractivity contribution in [1.82, 2.24) is 0 Å². The molecule has 170 valence electrons. The smallest absolute Gasteiger partial charge is 0.267 e. The summed E-state index contributed by atoms with van der Waals surface area (Å²) < 4.78 is 30.7. The highest BCUT2D eigenvalue weighted by Crippen LogP contribution is 2.15. The molecule has 0 aliphatic heterocycles. The van der Waals surface area contributed by atoms with Crippen LogP contribution in [0.4, 0.5) is 0 Å². The van der Waals surface area contributed by atoms with E-state index in [1.54, 1.807) is 6.92 Å². The van der Waals surface area contributed by atoms with Crippen molar-refractivity contribution in [3.63, 3.8) is 0 Å². The number of rotatable bonds is 21. The number of aliphatic hydroxyl groups excluding tert-OH is 1. The average molecular weight is 421 g/mol. The molecule has 4 nitrogen and oxygen atoms in total. The molecule has 0 bridgehead atoms. The maximum Gasteiger partial charge on any atom is 0.267 e. The summed E-state index contributed by atoms with van der Waals surface area (Å²) in [6, 6.07) is 0. The van der Waals surface area contributed by atoms with Gasteiger partial charge in [-0.25, -0.2) is 0 Å². The van der Waals surface area contributed by atoms with Gasteiger partial charge in [-0.05, 0) is 26.7 Å². The average Bonchev–Trinajstić information content (AvgIpc) is 2.62. The van der Waals surface area contributed by atoms with E-state index in [1.165, 1.54) is 96.3 Å². The van der Waals surface area contributed by atoms with Gasteiger partial charge in [-0.15, -0.1) is 0 Å². The fourth-order valence-corrected chi connectivity index (χ4v) is 4.14. The van der Waals surface area contributed by atoms with Crippen molar-refractivity contribution in [2.45, 2.75) is 147 Å². The standard InChI is InChI=1S/C23H48O4S/c1-22(24)20-18-16-14-12-10-8-6-4-3-5-7-9-11-13-15-17-19-21-23(2)28(25,26)27/h22-24H,3-21H2,1-2H3,(H,25,26,27). The van der Waals surface area contributed by atoms with Crippen molar-refractivity contribution in [1.29, 1.82) is 0 Å². The van der Waals surface area contributed by atoms with Crippen LogP contribution in [0.2, 0.25) is 0 Å². The maximum atomic E-state index is 10.9. The van der Waals surface area contributed by atoms with E-state index in [0.29, 0.717) is 6.42 Å². The lowest BCUT2D eigenvalue weighted by atomic mass is 10.0. The Bertz CT molecular complexity index is 420. The van der Waals surface area contributed by atoms with Crippen LogP contribution >= 0.6 is 0 Å². The first-order valence-corrected chi connectivity index (χ1v) is 13.5. The molecule has 0 rings (SSSR count). The topological polar surface area (TPSA) is 74.6 Å². The highest BCUT2D eigenvalue weighted by molar-refractivity contribution is 7.86. The predicted molar refractivity (Wildman–Crippen MR) is 120 cm³/mol. The first-order chi connectivity index (χ1) is 13.3. The van der Waals surface area contributed by atoms with Gasteiger partial charge < -0.3 is 5.11 Å². The summed E-state index contributed by atoms with van der Waals surface area (Å²) >= 11 is 0. The van der Waals surface area contributed by atoms with Crippen molar-refractivity contribution in [3.8, 4) is 0 Å². The molecule has 0 saturated heterocycles. The van der Waals surface area contributed by atoms with Crippen molar-refractivity contribution in [2.75, 3.05) is 0 Å². The molecule has 0 spiro atoms. The van der Waals surface area contributed by atoms with E-state index in [2.05, 4.69) is 0 Å². The van der Waals surface area contributed by atoms with E-state index in [9.17, 15) is 13.5 Å². The second kappa shape index (κ2) is 18.9. The third-order valence-corrected chi connectivity index (χ3v) is 6.99. The Balaban J connectivity index is 3.12. The van der Waals surface area contributed by atoms with Crippen LogP contribution in [-0.4, -0.2) is 29.4 Å². The van der Waals surface area contributed by atoms with Crippen molar-refractivity contribution in [3.05, 3.63) is 0 Å². The first-order valence-electron chi connectivity index (χ1n) is 12.0. The number of unbranched alkanes of at least 4 members (excludes halogenated alkanes) is 16. The first kappa shape index (κ1) is 27.9. The molecule has 5 heteroatoms. The summed E-state index contributed by atoms with van der Waals surface area (Å²) in [6.45, 7) is 3.46. The van der Waals surface area contributed by atoms with Crippen LogP contribution in [0.5, 0.6) is 0 Å². The molecule has 2 unspecified atom stereocenters. The second-order valence-corrected chi connectivity index (χ2v) is 10.6. The molecule has 2 atom stereocenters. The molecule has 0 amide bonds. The molecule has 0 aliphatic rings. The molecule has 0 aromatic rings. The summed E-state index contributed by atoms with van der Waals surface area (Å²) in [5, 5.41) is 8.59. The molecular formula is C23H48O4S. The molecule has 28 heavy (non-hydrogen) atoms. The van der Waals surface area contributed by atoms with Gasteiger partial charge in [0.15, 0.2) is 0 Å². The monoisotopic (exact) mass is 420 g/mol. The predicted octanol–water partition coefficient (Wildman–Crippen LogP) is 7.06. The molecule has 0 saturated carbocycles. The fourth-order valence-electron chi connectivity index (χ4n) is 3.67. The number of hydrogen-bond acceptors (Lipinski definition) is 3. The minimum absolute atomic E-state index is 0.130. The van der Waals surface area contributed by atoms with E-state index in [-0.39, 0.29) is 6.10 Å². The molecule has 0 aromatic heterocycles. The maximum absolute atomic E-state index is 10.9. The van der Waals surface area contributed by atoms with E-state index in [4.69, 9.17) is 4.55 Å². The quantitative estimate of drug-likeness (QED) is 0.154. The molecular weight excluding hydrogens is 372 g/mol. The highest BCUT2D eigenvalue weighted by Gasteiger charge is 2.15. The Morgan fingerprint density at radius 1 is 0.536 bits per heavy atom. The van der Waals surface area contributed by atoms with Gasteiger partial charge in [0, 0.05) is 0 Å². The minimum Gasteiger partial charge on any atom is -0.393 e. The zero-order valence-electron chi connectivity index (χ0n) is 18.7. The third kappa shape index (κ3) is 20.6. The molecule has 0 radical (unpaired) electrons. The van der Waals surface area contributed by atoms with Gasteiger partial charge in [0.1, 0.15) is 0 Å². The van der Waals surface area contributed by atoms with Crippen molar-refractivity contribution in [2.24, 2.45) is 0 Å². The zero-order chi connectivity index (χ0) is 21.1. The van der Waals surface area contributed by atoms with Gasteiger partial charge in [0.25, 0.3) is 10.1 Å². The zero-order valence-corrected chi connectivity index (χ0v) is 19.5. The van der Waals surface area contributed by atoms with Crippen LogP contribution in [-0.2, 0) is 10.1 Å². The van der Waals surface area contributed by atoms with Crippen LogP contribution in [0.25, 0.3) is 0 Å². The summed E-state index contributed by atoms with van der Waals surface area (Å²) in [4.78, 5) is 0.